The first kappa shape index (κ1) is 11.2. The largest absolute Gasteiger partial charge is 0.346 e. The van der Waals surface area contributed by atoms with Crippen LogP contribution in [-0.4, -0.2) is 25.1 Å². The van der Waals surface area contributed by atoms with Crippen molar-refractivity contribution in [3.63, 3.8) is 0 Å². The van der Waals surface area contributed by atoms with Gasteiger partial charge in [0, 0.05) is 17.3 Å². The van der Waals surface area contributed by atoms with Crippen LogP contribution in [0.2, 0.25) is 5.28 Å². The highest BCUT2D eigenvalue weighted by atomic mass is 35.5. The van der Waals surface area contributed by atoms with Crippen molar-refractivity contribution in [2.75, 3.05) is 5.32 Å². The van der Waals surface area contributed by atoms with Crippen molar-refractivity contribution in [1.82, 2.24) is 25.1 Å². The Morgan fingerprint density at radius 3 is 3.05 bits per heavy atom. The third kappa shape index (κ3) is 1.78. The van der Waals surface area contributed by atoms with E-state index in [1.165, 1.54) is 0 Å². The third-order valence-electron chi connectivity index (χ3n) is 3.09. The molecule has 7 heteroatoms. The zero-order valence-electron chi connectivity index (χ0n) is 10.2. The fourth-order valence-corrected chi connectivity index (χ4v) is 2.34. The van der Waals surface area contributed by atoms with Gasteiger partial charge in [-0.3, -0.25) is 5.10 Å². The summed E-state index contributed by atoms with van der Waals surface area (Å²) < 4.78 is 0. The fourth-order valence-electron chi connectivity index (χ4n) is 2.17. The Balaban J connectivity index is 1.81. The van der Waals surface area contributed by atoms with Gasteiger partial charge in [0.05, 0.1) is 17.1 Å². The average molecular weight is 285 g/mol. The van der Waals surface area contributed by atoms with Crippen LogP contribution in [0.1, 0.15) is 0 Å². The highest BCUT2D eigenvalue weighted by molar-refractivity contribution is 6.28. The van der Waals surface area contributed by atoms with E-state index in [-0.39, 0.29) is 5.28 Å². The number of aromatic nitrogens is 5. The van der Waals surface area contributed by atoms with Crippen molar-refractivity contribution in [2.45, 2.75) is 0 Å². The van der Waals surface area contributed by atoms with Gasteiger partial charge in [-0.05, 0) is 35.9 Å². The molecule has 0 saturated carbocycles. The Morgan fingerprint density at radius 1 is 1.15 bits per heavy atom. The predicted molar refractivity (Wildman–Crippen MR) is 78.3 cm³/mol. The van der Waals surface area contributed by atoms with Crippen LogP contribution >= 0.6 is 11.6 Å². The zero-order valence-corrected chi connectivity index (χ0v) is 10.9. The summed E-state index contributed by atoms with van der Waals surface area (Å²) in [4.78, 5) is 11.4. The number of nitrogens with zero attached hydrogens (tertiary/aromatic N) is 3. The quantitative estimate of drug-likeness (QED) is 0.494. The molecule has 98 valence electrons. The van der Waals surface area contributed by atoms with Crippen LogP contribution in [0.25, 0.3) is 21.9 Å². The highest BCUT2D eigenvalue weighted by Gasteiger charge is 2.08. The van der Waals surface area contributed by atoms with Crippen LogP contribution in [0.4, 0.5) is 11.5 Å². The van der Waals surface area contributed by atoms with Crippen molar-refractivity contribution < 1.29 is 0 Å². The van der Waals surface area contributed by atoms with Gasteiger partial charge in [0.2, 0.25) is 5.28 Å². The van der Waals surface area contributed by atoms with E-state index < -0.39 is 0 Å². The number of halogens is 1. The summed E-state index contributed by atoms with van der Waals surface area (Å²) in [5.74, 6) is 0.670. The van der Waals surface area contributed by atoms with E-state index in [4.69, 9.17) is 11.6 Å². The number of nitrogens with one attached hydrogen (secondary N) is 3. The van der Waals surface area contributed by atoms with Gasteiger partial charge >= 0.3 is 0 Å². The number of aromatic amines is 2. The van der Waals surface area contributed by atoms with Crippen LogP contribution in [-0.2, 0) is 0 Å². The SMILES string of the molecule is Clc1nc(Nc2ccc3[nH]ncc3c2)c2cc[nH]c2n1. The maximum atomic E-state index is 5.93. The van der Waals surface area contributed by atoms with Crippen LogP contribution in [0.3, 0.4) is 0 Å². The molecule has 0 unspecified atom stereocenters. The molecule has 4 aromatic rings. The minimum atomic E-state index is 0.201. The van der Waals surface area contributed by atoms with Crippen molar-refractivity contribution in [1.29, 1.82) is 0 Å². The number of anilines is 2. The number of H-pyrrole nitrogens is 2. The summed E-state index contributed by atoms with van der Waals surface area (Å²) in [5.41, 5.74) is 2.61. The van der Waals surface area contributed by atoms with Crippen LogP contribution < -0.4 is 5.32 Å². The van der Waals surface area contributed by atoms with Gasteiger partial charge in [-0.1, -0.05) is 0 Å². The van der Waals surface area contributed by atoms with Crippen molar-refractivity contribution in [3.8, 4) is 0 Å². The van der Waals surface area contributed by atoms with E-state index in [0.29, 0.717) is 11.5 Å². The number of hydrogen-bond donors (Lipinski definition) is 3. The molecule has 0 amide bonds. The summed E-state index contributed by atoms with van der Waals surface area (Å²) >= 11 is 5.93. The molecule has 0 bridgehead atoms. The van der Waals surface area contributed by atoms with E-state index in [0.717, 1.165) is 22.0 Å². The van der Waals surface area contributed by atoms with E-state index in [9.17, 15) is 0 Å². The van der Waals surface area contributed by atoms with Gasteiger partial charge in [-0.2, -0.15) is 15.1 Å². The second kappa shape index (κ2) is 4.21. The summed E-state index contributed by atoms with van der Waals surface area (Å²) in [5, 5.41) is 12.3. The topological polar surface area (TPSA) is 82.3 Å². The molecule has 0 aliphatic carbocycles. The summed E-state index contributed by atoms with van der Waals surface area (Å²) in [6, 6.07) is 7.81. The molecule has 1 aromatic carbocycles. The molecule has 20 heavy (non-hydrogen) atoms. The molecule has 0 radical (unpaired) electrons. The van der Waals surface area contributed by atoms with Gasteiger partial charge in [-0.25, -0.2) is 0 Å². The molecule has 0 atom stereocenters. The van der Waals surface area contributed by atoms with E-state index in [1.54, 1.807) is 12.4 Å². The molecule has 6 nitrogen and oxygen atoms in total. The Morgan fingerprint density at radius 2 is 2.10 bits per heavy atom. The lowest BCUT2D eigenvalue weighted by atomic mass is 10.2. The molecular formula is C13H9ClN6. The lowest BCUT2D eigenvalue weighted by molar-refractivity contribution is 1.12. The Hall–Kier alpha value is -2.60. The maximum absolute atomic E-state index is 5.93. The first-order chi connectivity index (χ1) is 9.79. The van der Waals surface area contributed by atoms with Crippen molar-refractivity contribution >= 4 is 45.0 Å². The molecule has 3 heterocycles. The number of rotatable bonds is 2. The Bertz CT molecular complexity index is 909. The highest BCUT2D eigenvalue weighted by Crippen LogP contribution is 2.26. The molecule has 0 saturated heterocycles. The zero-order chi connectivity index (χ0) is 13.5. The van der Waals surface area contributed by atoms with Crippen LogP contribution in [0, 0.1) is 0 Å². The molecular weight excluding hydrogens is 276 g/mol. The van der Waals surface area contributed by atoms with Gasteiger partial charge in [0.1, 0.15) is 11.5 Å². The lowest BCUT2D eigenvalue weighted by Crippen LogP contribution is -1.96. The van der Waals surface area contributed by atoms with Crippen LogP contribution in [0.5, 0.6) is 0 Å². The van der Waals surface area contributed by atoms with Gasteiger partial charge in [0.15, 0.2) is 0 Å². The standard InChI is InChI=1S/C13H9ClN6/c14-13-18-11-9(3-4-15-11)12(19-13)17-8-1-2-10-7(5-8)6-16-20-10/h1-6H,(H,16,20)(H2,15,17,18,19). The maximum Gasteiger partial charge on any atom is 0.226 e. The first-order valence-electron chi connectivity index (χ1n) is 6.00. The van der Waals surface area contributed by atoms with E-state index in [1.807, 2.05) is 24.3 Å². The lowest BCUT2D eigenvalue weighted by Gasteiger charge is -2.07. The number of benzene rings is 1. The van der Waals surface area contributed by atoms with Crippen LogP contribution in [0.15, 0.2) is 36.7 Å². The number of hydrogen-bond acceptors (Lipinski definition) is 4. The minimum absolute atomic E-state index is 0.201. The molecule has 0 aliphatic heterocycles. The summed E-state index contributed by atoms with van der Waals surface area (Å²) in [6.45, 7) is 0. The molecule has 0 fully saturated rings. The van der Waals surface area contributed by atoms with Gasteiger partial charge in [-0.15, -0.1) is 0 Å². The summed E-state index contributed by atoms with van der Waals surface area (Å²) in [7, 11) is 0. The second-order valence-electron chi connectivity index (χ2n) is 4.38. The van der Waals surface area contributed by atoms with Crippen molar-refractivity contribution in [3.05, 3.63) is 41.9 Å². The fraction of sp³-hybridized carbons (Fsp3) is 0. The monoisotopic (exact) mass is 284 g/mol. The van der Waals surface area contributed by atoms with E-state index in [2.05, 4.69) is 30.5 Å². The van der Waals surface area contributed by atoms with E-state index >= 15 is 0 Å². The normalized spacial score (nSPS) is 11.2. The van der Waals surface area contributed by atoms with Crippen molar-refractivity contribution in [2.24, 2.45) is 0 Å². The van der Waals surface area contributed by atoms with Gasteiger partial charge in [0.25, 0.3) is 0 Å². The molecule has 3 aromatic heterocycles. The molecule has 4 rings (SSSR count). The Labute approximate surface area is 118 Å². The molecule has 0 aliphatic rings. The summed E-state index contributed by atoms with van der Waals surface area (Å²) in [6.07, 6.45) is 3.58. The first-order valence-corrected chi connectivity index (χ1v) is 6.38. The van der Waals surface area contributed by atoms with Gasteiger partial charge < -0.3 is 10.3 Å². The molecule has 0 spiro atoms. The minimum Gasteiger partial charge on any atom is -0.346 e. The second-order valence-corrected chi connectivity index (χ2v) is 4.72. The average Bonchev–Trinajstić information content (AvgIpc) is 3.05. The third-order valence-corrected chi connectivity index (χ3v) is 3.26. The number of fused-ring (bicyclic) bond motifs is 2. The molecule has 3 N–H and O–H groups in total. The predicted octanol–water partition coefficient (Wildman–Crippen LogP) is 3.23. The Kier molecular flexibility index (Phi) is 2.37. The smallest absolute Gasteiger partial charge is 0.226 e.